The van der Waals surface area contributed by atoms with E-state index in [0.717, 1.165) is 14.8 Å². The Morgan fingerprint density at radius 3 is 2.45 bits per heavy atom. The first kappa shape index (κ1) is 16.9. The molecule has 1 amide bonds. The van der Waals surface area contributed by atoms with E-state index >= 15 is 0 Å². The van der Waals surface area contributed by atoms with Crippen LogP contribution in [0.5, 0.6) is 0 Å². The van der Waals surface area contributed by atoms with E-state index in [0.29, 0.717) is 12.1 Å². The average molecular weight is 354 g/mol. The first-order valence-electron chi connectivity index (χ1n) is 6.25. The molecule has 2 rings (SSSR count). The summed E-state index contributed by atoms with van der Waals surface area (Å²) in [5.41, 5.74) is 1.69. The Bertz CT molecular complexity index is 662. The SMILES string of the molecule is CSc1nsc(SC)c1C(=O)NCc1ccc(C(=O)O)cc1. The molecule has 116 valence electrons. The molecule has 0 bridgehead atoms. The molecule has 0 saturated heterocycles. The number of hydrogen-bond acceptors (Lipinski definition) is 6. The topological polar surface area (TPSA) is 79.3 Å². The molecule has 1 heterocycles. The van der Waals surface area contributed by atoms with Gasteiger partial charge in [0.2, 0.25) is 0 Å². The van der Waals surface area contributed by atoms with Crippen LogP contribution in [0.1, 0.15) is 26.3 Å². The van der Waals surface area contributed by atoms with E-state index in [1.54, 1.807) is 12.1 Å². The van der Waals surface area contributed by atoms with E-state index < -0.39 is 5.97 Å². The highest BCUT2D eigenvalue weighted by atomic mass is 32.2. The van der Waals surface area contributed by atoms with Crippen molar-refractivity contribution < 1.29 is 14.7 Å². The maximum atomic E-state index is 12.3. The molecule has 0 radical (unpaired) electrons. The third-order valence-electron chi connectivity index (χ3n) is 2.89. The standard InChI is InChI=1S/C14H14N2O3S3/c1-20-12-10(14(21-2)22-16-12)11(17)15-7-8-3-5-9(6-4-8)13(18)19/h3-6H,7H2,1-2H3,(H,15,17)(H,18,19). The van der Waals surface area contributed by atoms with Crippen molar-refractivity contribution in [1.82, 2.24) is 9.69 Å². The molecule has 0 aliphatic heterocycles. The molecule has 2 N–H and O–H groups in total. The van der Waals surface area contributed by atoms with Crippen molar-refractivity contribution in [3.05, 3.63) is 41.0 Å². The largest absolute Gasteiger partial charge is 0.478 e. The number of carbonyl (C=O) groups excluding carboxylic acids is 1. The summed E-state index contributed by atoms with van der Waals surface area (Å²) in [7, 11) is 0. The smallest absolute Gasteiger partial charge is 0.335 e. The van der Waals surface area contributed by atoms with Gasteiger partial charge in [-0.25, -0.2) is 4.79 Å². The van der Waals surface area contributed by atoms with Crippen molar-refractivity contribution >= 4 is 46.9 Å². The Balaban J connectivity index is 2.06. The number of rotatable bonds is 6. The van der Waals surface area contributed by atoms with Crippen molar-refractivity contribution in [3.8, 4) is 0 Å². The average Bonchev–Trinajstić information content (AvgIpc) is 2.96. The Morgan fingerprint density at radius 2 is 1.91 bits per heavy atom. The number of carbonyl (C=O) groups is 2. The van der Waals surface area contributed by atoms with E-state index in [4.69, 9.17) is 5.11 Å². The van der Waals surface area contributed by atoms with Gasteiger partial charge in [-0.3, -0.25) is 4.79 Å². The van der Waals surface area contributed by atoms with Crippen LogP contribution in [0.4, 0.5) is 0 Å². The number of nitrogens with zero attached hydrogens (tertiary/aromatic N) is 1. The van der Waals surface area contributed by atoms with Crippen LogP contribution in [-0.4, -0.2) is 33.9 Å². The van der Waals surface area contributed by atoms with E-state index in [2.05, 4.69) is 9.69 Å². The van der Waals surface area contributed by atoms with Gasteiger partial charge in [-0.2, -0.15) is 4.37 Å². The van der Waals surface area contributed by atoms with Crippen LogP contribution >= 0.6 is 35.1 Å². The molecular formula is C14H14N2O3S3. The number of aromatic nitrogens is 1. The molecule has 0 saturated carbocycles. The van der Waals surface area contributed by atoms with Gasteiger partial charge in [0.15, 0.2) is 0 Å². The molecule has 1 aromatic carbocycles. The van der Waals surface area contributed by atoms with Gasteiger partial charge in [0.1, 0.15) is 5.03 Å². The molecule has 0 atom stereocenters. The summed E-state index contributed by atoms with van der Waals surface area (Å²) in [6.07, 6.45) is 3.81. The Morgan fingerprint density at radius 1 is 1.23 bits per heavy atom. The number of carboxylic acid groups (broad SMARTS) is 1. The second-order valence-corrected chi connectivity index (χ2v) is 6.89. The van der Waals surface area contributed by atoms with Crippen LogP contribution in [0, 0.1) is 0 Å². The van der Waals surface area contributed by atoms with E-state index in [-0.39, 0.29) is 11.5 Å². The number of thioether (sulfide) groups is 2. The van der Waals surface area contributed by atoms with Gasteiger partial charge >= 0.3 is 5.97 Å². The van der Waals surface area contributed by atoms with Crippen LogP contribution in [0.15, 0.2) is 33.5 Å². The highest BCUT2D eigenvalue weighted by Crippen LogP contribution is 2.32. The fraction of sp³-hybridized carbons (Fsp3) is 0.214. The zero-order valence-corrected chi connectivity index (χ0v) is 14.4. The van der Waals surface area contributed by atoms with Crippen molar-refractivity contribution in [2.75, 3.05) is 12.5 Å². The molecule has 8 heteroatoms. The monoisotopic (exact) mass is 354 g/mol. The summed E-state index contributed by atoms with van der Waals surface area (Å²) in [5.74, 6) is -1.13. The lowest BCUT2D eigenvalue weighted by atomic mass is 10.1. The van der Waals surface area contributed by atoms with Gasteiger partial charge in [0, 0.05) is 6.54 Å². The maximum Gasteiger partial charge on any atom is 0.335 e. The minimum atomic E-state index is -0.964. The second kappa shape index (κ2) is 7.66. The van der Waals surface area contributed by atoms with Crippen LogP contribution in [-0.2, 0) is 6.54 Å². The van der Waals surface area contributed by atoms with Crippen molar-refractivity contribution in [1.29, 1.82) is 0 Å². The normalized spacial score (nSPS) is 10.5. The van der Waals surface area contributed by atoms with Gasteiger partial charge in [0.25, 0.3) is 5.91 Å². The lowest BCUT2D eigenvalue weighted by Gasteiger charge is -2.07. The summed E-state index contributed by atoms with van der Waals surface area (Å²) < 4.78 is 5.16. The third-order valence-corrected chi connectivity index (χ3v) is 5.63. The molecule has 0 fully saturated rings. The number of carboxylic acids is 1. The number of benzene rings is 1. The van der Waals surface area contributed by atoms with E-state index in [1.807, 2.05) is 12.5 Å². The minimum absolute atomic E-state index is 0.162. The molecule has 0 unspecified atom stereocenters. The fourth-order valence-corrected chi connectivity index (χ4v) is 4.05. The summed E-state index contributed by atoms with van der Waals surface area (Å²) in [4.78, 5) is 23.1. The lowest BCUT2D eigenvalue weighted by molar-refractivity contribution is 0.0696. The summed E-state index contributed by atoms with van der Waals surface area (Å²) in [6, 6.07) is 6.44. The van der Waals surface area contributed by atoms with Gasteiger partial charge in [0.05, 0.1) is 15.3 Å². The van der Waals surface area contributed by atoms with Crippen LogP contribution in [0.3, 0.4) is 0 Å². The first-order valence-corrected chi connectivity index (χ1v) is 9.47. The van der Waals surface area contributed by atoms with Crippen LogP contribution < -0.4 is 5.32 Å². The Kier molecular flexibility index (Phi) is 5.87. The number of amides is 1. The lowest BCUT2D eigenvalue weighted by Crippen LogP contribution is -2.23. The van der Waals surface area contributed by atoms with Gasteiger partial charge in [-0.05, 0) is 41.7 Å². The van der Waals surface area contributed by atoms with E-state index in [1.165, 1.54) is 47.2 Å². The molecular weight excluding hydrogens is 340 g/mol. The van der Waals surface area contributed by atoms with Gasteiger partial charge < -0.3 is 10.4 Å². The summed E-state index contributed by atoms with van der Waals surface area (Å²) >= 11 is 4.27. The third kappa shape index (κ3) is 3.82. The fourth-order valence-electron chi connectivity index (χ4n) is 1.77. The molecule has 22 heavy (non-hydrogen) atoms. The second-order valence-electron chi connectivity index (χ2n) is 4.24. The van der Waals surface area contributed by atoms with Crippen LogP contribution in [0.2, 0.25) is 0 Å². The minimum Gasteiger partial charge on any atom is -0.478 e. The molecule has 0 spiro atoms. The summed E-state index contributed by atoms with van der Waals surface area (Å²) in [6.45, 7) is 0.343. The van der Waals surface area contributed by atoms with Gasteiger partial charge in [-0.1, -0.05) is 12.1 Å². The summed E-state index contributed by atoms with van der Waals surface area (Å²) in [5, 5.41) is 12.4. The molecule has 0 aliphatic rings. The van der Waals surface area contributed by atoms with Crippen molar-refractivity contribution in [2.45, 2.75) is 15.8 Å². The van der Waals surface area contributed by atoms with Crippen molar-refractivity contribution in [3.63, 3.8) is 0 Å². The predicted octanol–water partition coefficient (Wildman–Crippen LogP) is 3.22. The zero-order chi connectivity index (χ0) is 16.1. The molecule has 5 nitrogen and oxygen atoms in total. The number of aromatic carboxylic acids is 1. The van der Waals surface area contributed by atoms with Crippen molar-refractivity contribution in [2.24, 2.45) is 0 Å². The molecule has 1 aromatic heterocycles. The number of hydrogen-bond donors (Lipinski definition) is 2. The Labute approximate surface area is 140 Å². The Hall–Kier alpha value is -1.51. The predicted molar refractivity (Wildman–Crippen MR) is 90.2 cm³/mol. The molecule has 0 aliphatic carbocycles. The van der Waals surface area contributed by atoms with Crippen LogP contribution in [0.25, 0.3) is 0 Å². The molecule has 2 aromatic rings. The highest BCUT2D eigenvalue weighted by Gasteiger charge is 2.19. The highest BCUT2D eigenvalue weighted by molar-refractivity contribution is 8.01. The first-order chi connectivity index (χ1) is 10.6. The zero-order valence-electron chi connectivity index (χ0n) is 12.0. The van der Waals surface area contributed by atoms with E-state index in [9.17, 15) is 9.59 Å². The van der Waals surface area contributed by atoms with Gasteiger partial charge in [-0.15, -0.1) is 23.5 Å². The maximum absolute atomic E-state index is 12.3. The quantitative estimate of drug-likeness (QED) is 0.776. The number of nitrogens with one attached hydrogen (secondary N) is 1.